The lowest BCUT2D eigenvalue weighted by atomic mass is 10.4. The van der Waals surface area contributed by atoms with Gasteiger partial charge in [-0.05, 0) is 11.5 Å². The predicted octanol–water partition coefficient (Wildman–Crippen LogP) is 0.484. The molecule has 70 valence electrons. The number of hydrogen-bond donors (Lipinski definition) is 1. The number of methoxy groups -OCH3 is 2. The van der Waals surface area contributed by atoms with Gasteiger partial charge in [-0.3, -0.25) is 4.79 Å². The molecule has 0 radical (unpaired) electrons. The van der Waals surface area contributed by atoms with E-state index >= 15 is 0 Å². The molecular formula is C6H13NO4P+. The van der Waals surface area contributed by atoms with E-state index in [2.05, 4.69) is 14.6 Å². The lowest BCUT2D eigenvalue weighted by Gasteiger charge is -2.02. The SMILES string of the molecule is COC[P+](=O)NC(C)C(=O)OC. The highest BCUT2D eigenvalue weighted by atomic mass is 31.1. The molecule has 1 N–H and O–H groups in total. The molecule has 0 saturated heterocycles. The van der Waals surface area contributed by atoms with Gasteiger partial charge in [0.05, 0.1) is 7.11 Å². The van der Waals surface area contributed by atoms with Gasteiger partial charge in [-0.2, -0.15) is 0 Å². The van der Waals surface area contributed by atoms with Gasteiger partial charge in [0, 0.05) is 7.11 Å². The topological polar surface area (TPSA) is 64.6 Å². The van der Waals surface area contributed by atoms with Crippen molar-refractivity contribution in [2.75, 3.05) is 20.6 Å². The molecule has 0 rings (SSSR count). The normalized spacial score (nSPS) is 13.8. The van der Waals surface area contributed by atoms with E-state index < -0.39 is 20.0 Å². The van der Waals surface area contributed by atoms with E-state index in [4.69, 9.17) is 0 Å². The summed E-state index contributed by atoms with van der Waals surface area (Å²) in [5.74, 6) is -0.436. The largest absolute Gasteiger partial charge is 0.468 e. The Hall–Kier alpha value is -0.510. The summed E-state index contributed by atoms with van der Waals surface area (Å²) in [6, 6.07) is -0.561. The van der Waals surface area contributed by atoms with Crippen molar-refractivity contribution in [2.24, 2.45) is 0 Å². The van der Waals surface area contributed by atoms with Crippen molar-refractivity contribution < 1.29 is 18.8 Å². The van der Waals surface area contributed by atoms with Gasteiger partial charge in [-0.25, -0.2) is 0 Å². The van der Waals surface area contributed by atoms with Crippen molar-refractivity contribution in [1.82, 2.24) is 5.09 Å². The highest BCUT2D eigenvalue weighted by Crippen LogP contribution is 2.14. The minimum Gasteiger partial charge on any atom is -0.468 e. The second-order valence-corrected chi connectivity index (χ2v) is 3.44. The van der Waals surface area contributed by atoms with Gasteiger partial charge in [-0.15, -0.1) is 0 Å². The van der Waals surface area contributed by atoms with Gasteiger partial charge in [0.2, 0.25) is 0 Å². The molecular weight excluding hydrogens is 181 g/mol. The molecule has 0 bridgehead atoms. The van der Waals surface area contributed by atoms with Crippen LogP contribution in [0.4, 0.5) is 0 Å². The van der Waals surface area contributed by atoms with Gasteiger partial charge in [0.1, 0.15) is 6.04 Å². The first-order chi connectivity index (χ1) is 5.61. The van der Waals surface area contributed by atoms with Crippen LogP contribution in [0.15, 0.2) is 0 Å². The van der Waals surface area contributed by atoms with E-state index in [0.29, 0.717) is 0 Å². The van der Waals surface area contributed by atoms with E-state index in [-0.39, 0.29) is 6.35 Å². The maximum atomic E-state index is 11.0. The minimum atomic E-state index is -1.68. The van der Waals surface area contributed by atoms with Gasteiger partial charge < -0.3 is 9.47 Å². The van der Waals surface area contributed by atoms with Crippen molar-refractivity contribution >= 4 is 13.9 Å². The van der Waals surface area contributed by atoms with E-state index in [1.165, 1.54) is 14.2 Å². The monoisotopic (exact) mass is 194 g/mol. The molecule has 0 aromatic heterocycles. The Morgan fingerprint density at radius 2 is 2.17 bits per heavy atom. The fourth-order valence-corrected chi connectivity index (χ4v) is 1.45. The first kappa shape index (κ1) is 11.5. The molecule has 0 aliphatic heterocycles. The maximum Gasteiger partial charge on any atom is 0.461 e. The summed E-state index contributed by atoms with van der Waals surface area (Å²) in [6.07, 6.45) is 0.0939. The van der Waals surface area contributed by atoms with Crippen molar-refractivity contribution in [1.29, 1.82) is 0 Å². The molecule has 0 aliphatic rings. The molecule has 2 atom stereocenters. The number of nitrogens with one attached hydrogen (secondary N) is 1. The lowest BCUT2D eigenvalue weighted by molar-refractivity contribution is -0.142. The first-order valence-electron chi connectivity index (χ1n) is 3.39. The van der Waals surface area contributed by atoms with Crippen molar-refractivity contribution in [3.05, 3.63) is 0 Å². The molecule has 6 heteroatoms. The summed E-state index contributed by atoms with van der Waals surface area (Å²) in [7, 11) is 1.04. The second-order valence-electron chi connectivity index (χ2n) is 2.17. The first-order valence-corrected chi connectivity index (χ1v) is 4.84. The molecule has 0 aromatic rings. The summed E-state index contributed by atoms with van der Waals surface area (Å²) in [6.45, 7) is 1.58. The maximum absolute atomic E-state index is 11.0. The average molecular weight is 194 g/mol. The van der Waals surface area contributed by atoms with Crippen LogP contribution in [0.1, 0.15) is 6.92 Å². The Kier molecular flexibility index (Phi) is 5.80. The molecule has 0 saturated carbocycles. The molecule has 12 heavy (non-hydrogen) atoms. The summed E-state index contributed by atoms with van der Waals surface area (Å²) in [4.78, 5) is 10.8. The molecule has 0 aliphatic carbocycles. The third kappa shape index (κ3) is 4.38. The average Bonchev–Trinajstić information content (AvgIpc) is 2.03. The number of esters is 1. The number of rotatable bonds is 5. The highest BCUT2D eigenvalue weighted by molar-refractivity contribution is 7.42. The Labute approximate surface area is 72.3 Å². The Balaban J connectivity index is 3.75. The van der Waals surface area contributed by atoms with Crippen LogP contribution < -0.4 is 5.09 Å². The molecule has 0 spiro atoms. The van der Waals surface area contributed by atoms with Crippen LogP contribution in [0, 0.1) is 0 Å². The zero-order chi connectivity index (χ0) is 9.56. The van der Waals surface area contributed by atoms with E-state index in [0.717, 1.165) is 0 Å². The lowest BCUT2D eigenvalue weighted by Crippen LogP contribution is -2.30. The Morgan fingerprint density at radius 1 is 1.58 bits per heavy atom. The number of hydrogen-bond acceptors (Lipinski definition) is 4. The summed E-state index contributed by atoms with van der Waals surface area (Å²) in [5, 5.41) is 2.54. The van der Waals surface area contributed by atoms with Crippen LogP contribution in [0.3, 0.4) is 0 Å². The molecule has 5 nitrogen and oxygen atoms in total. The molecule has 0 aromatic carbocycles. The van der Waals surface area contributed by atoms with Crippen LogP contribution in [-0.2, 0) is 18.8 Å². The van der Waals surface area contributed by atoms with Crippen LogP contribution >= 0.6 is 7.95 Å². The van der Waals surface area contributed by atoms with Crippen LogP contribution in [0.5, 0.6) is 0 Å². The quantitative estimate of drug-likeness (QED) is 0.509. The van der Waals surface area contributed by atoms with Crippen LogP contribution in [0.2, 0.25) is 0 Å². The number of carbonyl (C=O) groups is 1. The smallest absolute Gasteiger partial charge is 0.461 e. The van der Waals surface area contributed by atoms with Gasteiger partial charge in [-0.1, -0.05) is 5.09 Å². The minimum absolute atomic E-state index is 0.0939. The zero-order valence-corrected chi connectivity index (χ0v) is 8.26. The third-order valence-corrected chi connectivity index (χ3v) is 2.31. The van der Waals surface area contributed by atoms with E-state index in [9.17, 15) is 9.36 Å². The molecule has 2 unspecified atom stereocenters. The number of carbonyl (C=O) groups excluding carboxylic acids is 1. The standard InChI is InChI=1S/C6H13NO4P/c1-5(6(8)11-3)7-12(9)4-10-2/h5H,4H2,1-3H3,(H,7,9)/q+1. The Bertz CT molecular complexity index is 173. The summed E-state index contributed by atoms with van der Waals surface area (Å²) in [5.41, 5.74) is 0. The summed E-state index contributed by atoms with van der Waals surface area (Å²) < 4.78 is 20.0. The highest BCUT2D eigenvalue weighted by Gasteiger charge is 2.24. The molecule has 0 amide bonds. The van der Waals surface area contributed by atoms with Gasteiger partial charge >= 0.3 is 13.9 Å². The van der Waals surface area contributed by atoms with E-state index in [1.807, 2.05) is 0 Å². The van der Waals surface area contributed by atoms with Gasteiger partial charge in [0.25, 0.3) is 6.35 Å². The third-order valence-electron chi connectivity index (χ3n) is 1.14. The van der Waals surface area contributed by atoms with Crippen molar-refractivity contribution in [2.45, 2.75) is 13.0 Å². The van der Waals surface area contributed by atoms with Crippen molar-refractivity contribution in [3.8, 4) is 0 Å². The fourth-order valence-electron chi connectivity index (χ4n) is 0.600. The Morgan fingerprint density at radius 3 is 2.58 bits per heavy atom. The van der Waals surface area contributed by atoms with Crippen molar-refractivity contribution in [3.63, 3.8) is 0 Å². The predicted molar refractivity (Wildman–Crippen MR) is 44.1 cm³/mol. The second kappa shape index (κ2) is 6.06. The number of ether oxygens (including phenoxy) is 2. The van der Waals surface area contributed by atoms with E-state index in [1.54, 1.807) is 6.92 Å². The van der Waals surface area contributed by atoms with Gasteiger partial charge in [0.15, 0.2) is 0 Å². The molecule has 0 heterocycles. The zero-order valence-electron chi connectivity index (χ0n) is 7.36. The molecule has 0 fully saturated rings. The van der Waals surface area contributed by atoms with Crippen LogP contribution in [-0.4, -0.2) is 32.6 Å². The summed E-state index contributed by atoms with van der Waals surface area (Å²) >= 11 is 0. The fraction of sp³-hybridized carbons (Fsp3) is 0.833. The van der Waals surface area contributed by atoms with Crippen LogP contribution in [0.25, 0.3) is 0 Å².